The minimum Gasteiger partial charge on any atom is -0.507 e. The molecule has 1 heterocycles. The van der Waals surface area contributed by atoms with Crippen molar-refractivity contribution < 1.29 is 19.4 Å². The van der Waals surface area contributed by atoms with E-state index in [2.05, 4.69) is 6.58 Å². The standard InChI is InChI=1S/C13H12O4/c1-7(6-14)12-5-10-11(17-12)4-3-9(8(2)15)13(10)16/h3-4,6,12,16H,1,5H2,2H3/t12-/m0/s1. The van der Waals surface area contributed by atoms with Gasteiger partial charge in [-0.05, 0) is 19.1 Å². The zero-order valence-corrected chi connectivity index (χ0v) is 9.40. The van der Waals surface area contributed by atoms with Gasteiger partial charge in [0.2, 0.25) is 0 Å². The molecule has 88 valence electrons. The number of ketones is 1. The highest BCUT2D eigenvalue weighted by Gasteiger charge is 2.29. The maximum Gasteiger partial charge on any atom is 0.163 e. The van der Waals surface area contributed by atoms with Crippen molar-refractivity contribution in [2.75, 3.05) is 0 Å². The fraction of sp³-hybridized carbons (Fsp3) is 0.231. The lowest BCUT2D eigenvalue weighted by molar-refractivity contribution is -0.105. The van der Waals surface area contributed by atoms with Crippen LogP contribution in [0, 0.1) is 0 Å². The first kappa shape index (κ1) is 11.4. The molecule has 1 aromatic rings. The first-order valence-electron chi connectivity index (χ1n) is 5.21. The second-order valence-corrected chi connectivity index (χ2v) is 4.00. The van der Waals surface area contributed by atoms with Crippen LogP contribution in [0.2, 0.25) is 0 Å². The van der Waals surface area contributed by atoms with Gasteiger partial charge in [-0.25, -0.2) is 0 Å². The van der Waals surface area contributed by atoms with E-state index in [1.807, 2.05) is 0 Å². The van der Waals surface area contributed by atoms with Gasteiger partial charge in [0.1, 0.15) is 23.9 Å². The average molecular weight is 232 g/mol. The number of fused-ring (bicyclic) bond motifs is 1. The van der Waals surface area contributed by atoms with Crippen molar-refractivity contribution >= 4 is 12.1 Å². The maximum atomic E-state index is 11.3. The number of carbonyl (C=O) groups excluding carboxylic acids is 2. The normalized spacial score (nSPS) is 17.1. The summed E-state index contributed by atoms with van der Waals surface area (Å²) in [6, 6.07) is 3.15. The summed E-state index contributed by atoms with van der Waals surface area (Å²) in [5, 5.41) is 9.93. The van der Waals surface area contributed by atoms with Gasteiger partial charge in [0.05, 0.1) is 5.56 Å². The zero-order valence-electron chi connectivity index (χ0n) is 9.40. The Morgan fingerprint density at radius 2 is 2.29 bits per heavy atom. The molecule has 1 aliphatic rings. The highest BCUT2D eigenvalue weighted by molar-refractivity contribution is 5.97. The molecule has 4 nitrogen and oxygen atoms in total. The number of aromatic hydroxyl groups is 1. The maximum absolute atomic E-state index is 11.3. The Morgan fingerprint density at radius 3 is 2.88 bits per heavy atom. The first-order chi connectivity index (χ1) is 8.04. The summed E-state index contributed by atoms with van der Waals surface area (Å²) in [5.74, 6) is 0.236. The predicted molar refractivity (Wildman–Crippen MR) is 61.4 cm³/mol. The number of benzene rings is 1. The molecule has 1 N–H and O–H groups in total. The van der Waals surface area contributed by atoms with Crippen LogP contribution in [0.4, 0.5) is 0 Å². The van der Waals surface area contributed by atoms with Gasteiger partial charge in [0, 0.05) is 17.6 Å². The minimum atomic E-state index is -0.449. The van der Waals surface area contributed by atoms with Crippen molar-refractivity contribution in [1.29, 1.82) is 0 Å². The third-order valence-electron chi connectivity index (χ3n) is 2.84. The summed E-state index contributed by atoms with van der Waals surface area (Å²) in [6.07, 6.45) is 0.551. The smallest absolute Gasteiger partial charge is 0.163 e. The Hall–Kier alpha value is -2.10. The van der Waals surface area contributed by atoms with Gasteiger partial charge in [-0.2, -0.15) is 0 Å². The zero-order chi connectivity index (χ0) is 12.6. The molecule has 0 aromatic heterocycles. The lowest BCUT2D eigenvalue weighted by atomic mass is 10.0. The van der Waals surface area contributed by atoms with Gasteiger partial charge in [0.25, 0.3) is 0 Å². The fourth-order valence-electron chi connectivity index (χ4n) is 1.87. The van der Waals surface area contributed by atoms with Crippen LogP contribution in [-0.2, 0) is 11.2 Å². The van der Waals surface area contributed by atoms with Gasteiger partial charge in [-0.15, -0.1) is 0 Å². The Labute approximate surface area is 98.5 Å². The SMILES string of the molecule is C=C(C=O)[C@@H]1Cc2c(ccc(C(C)=O)c2O)O1. The molecule has 4 heteroatoms. The van der Waals surface area contributed by atoms with E-state index in [0.29, 0.717) is 29.6 Å². The largest absolute Gasteiger partial charge is 0.507 e. The van der Waals surface area contributed by atoms with Crippen LogP contribution in [0.3, 0.4) is 0 Å². The molecule has 0 radical (unpaired) electrons. The number of phenols is 1. The number of hydrogen-bond donors (Lipinski definition) is 1. The summed E-state index contributed by atoms with van der Waals surface area (Å²) in [6.45, 7) is 4.97. The summed E-state index contributed by atoms with van der Waals surface area (Å²) < 4.78 is 5.47. The molecule has 2 rings (SSSR count). The van der Waals surface area contributed by atoms with E-state index >= 15 is 0 Å². The van der Waals surface area contributed by atoms with Gasteiger partial charge in [-0.3, -0.25) is 9.59 Å². The molecule has 0 aliphatic carbocycles. The lowest BCUT2D eigenvalue weighted by Crippen LogP contribution is -2.16. The highest BCUT2D eigenvalue weighted by atomic mass is 16.5. The van der Waals surface area contributed by atoms with Crippen LogP contribution in [0.25, 0.3) is 0 Å². The molecule has 0 bridgehead atoms. The van der Waals surface area contributed by atoms with Gasteiger partial charge >= 0.3 is 0 Å². The molecule has 0 spiro atoms. The van der Waals surface area contributed by atoms with Crippen molar-refractivity contribution in [2.45, 2.75) is 19.4 Å². The van der Waals surface area contributed by atoms with Crippen molar-refractivity contribution in [2.24, 2.45) is 0 Å². The van der Waals surface area contributed by atoms with Crippen LogP contribution in [0.5, 0.6) is 11.5 Å². The minimum absolute atomic E-state index is 0.0591. The van der Waals surface area contributed by atoms with Crippen molar-refractivity contribution in [3.63, 3.8) is 0 Å². The number of carbonyl (C=O) groups is 2. The van der Waals surface area contributed by atoms with Crippen molar-refractivity contribution in [3.8, 4) is 11.5 Å². The van der Waals surface area contributed by atoms with E-state index in [4.69, 9.17) is 4.74 Å². The van der Waals surface area contributed by atoms with E-state index < -0.39 is 6.10 Å². The number of phenolic OH excluding ortho intramolecular Hbond substituents is 1. The Kier molecular flexibility index (Phi) is 2.71. The summed E-state index contributed by atoms with van der Waals surface area (Å²) in [4.78, 5) is 21.9. The molecular weight excluding hydrogens is 220 g/mol. The van der Waals surface area contributed by atoms with Crippen molar-refractivity contribution in [1.82, 2.24) is 0 Å². The van der Waals surface area contributed by atoms with E-state index in [9.17, 15) is 14.7 Å². The molecule has 1 atom stereocenters. The van der Waals surface area contributed by atoms with E-state index in [-0.39, 0.29) is 17.1 Å². The fourth-order valence-corrected chi connectivity index (χ4v) is 1.87. The molecule has 0 amide bonds. The Balaban J connectivity index is 2.39. The summed E-state index contributed by atoms with van der Waals surface area (Å²) >= 11 is 0. The molecule has 1 aliphatic heterocycles. The first-order valence-corrected chi connectivity index (χ1v) is 5.21. The summed E-state index contributed by atoms with van der Waals surface area (Å²) in [5.41, 5.74) is 1.15. The van der Waals surface area contributed by atoms with Gasteiger partial charge in [0.15, 0.2) is 5.78 Å². The second kappa shape index (κ2) is 4.05. The van der Waals surface area contributed by atoms with Crippen molar-refractivity contribution in [3.05, 3.63) is 35.4 Å². The molecular formula is C13H12O4. The van der Waals surface area contributed by atoms with E-state index in [0.717, 1.165) is 0 Å². The average Bonchev–Trinajstić information content (AvgIpc) is 2.72. The third-order valence-corrected chi connectivity index (χ3v) is 2.84. The molecule has 0 saturated carbocycles. The Morgan fingerprint density at radius 1 is 1.59 bits per heavy atom. The van der Waals surface area contributed by atoms with Crippen LogP contribution in [0.1, 0.15) is 22.8 Å². The second-order valence-electron chi connectivity index (χ2n) is 4.00. The van der Waals surface area contributed by atoms with Crippen LogP contribution < -0.4 is 4.74 Å². The molecule has 0 saturated heterocycles. The number of hydrogen-bond acceptors (Lipinski definition) is 4. The lowest BCUT2D eigenvalue weighted by Gasteiger charge is -2.07. The van der Waals surface area contributed by atoms with Crippen LogP contribution >= 0.6 is 0 Å². The van der Waals surface area contributed by atoms with E-state index in [1.54, 1.807) is 6.07 Å². The van der Waals surface area contributed by atoms with Gasteiger partial charge < -0.3 is 9.84 Å². The summed E-state index contributed by atoms with van der Waals surface area (Å²) in [7, 11) is 0. The highest BCUT2D eigenvalue weighted by Crippen LogP contribution is 2.39. The topological polar surface area (TPSA) is 63.6 Å². The molecule has 0 fully saturated rings. The van der Waals surface area contributed by atoms with Gasteiger partial charge in [-0.1, -0.05) is 6.58 Å². The van der Waals surface area contributed by atoms with E-state index in [1.165, 1.54) is 13.0 Å². The molecule has 17 heavy (non-hydrogen) atoms. The van der Waals surface area contributed by atoms with Crippen LogP contribution in [-0.4, -0.2) is 23.3 Å². The number of ether oxygens (including phenoxy) is 1. The molecule has 1 aromatic carbocycles. The molecule has 0 unspecified atom stereocenters. The predicted octanol–water partition coefficient (Wildman–Crippen LogP) is 1.65. The monoisotopic (exact) mass is 232 g/mol. The number of rotatable bonds is 3. The Bertz CT molecular complexity index is 516. The third kappa shape index (κ3) is 1.82. The van der Waals surface area contributed by atoms with Crippen LogP contribution in [0.15, 0.2) is 24.3 Å². The quantitative estimate of drug-likeness (QED) is 0.489. The number of aldehydes is 1. The number of Topliss-reactive ketones (excluding diaryl/α,β-unsaturated/α-hetero) is 1.